The summed E-state index contributed by atoms with van der Waals surface area (Å²) in [5.74, 6) is 0.239. The molecule has 0 unspecified atom stereocenters. The van der Waals surface area contributed by atoms with Crippen LogP contribution < -0.4 is 11.1 Å². The first-order valence-electron chi connectivity index (χ1n) is 5.94. The maximum Gasteiger partial charge on any atom is 0.244 e. The molecule has 1 aliphatic rings. The van der Waals surface area contributed by atoms with Crippen LogP contribution >= 0.6 is 0 Å². The molecular formula is C12H16N4O2. The topological polar surface area (TPSA) is 88.3 Å². The molecular weight excluding hydrogens is 232 g/mol. The van der Waals surface area contributed by atoms with Crippen molar-refractivity contribution in [3.05, 3.63) is 18.3 Å². The van der Waals surface area contributed by atoms with Crippen molar-refractivity contribution in [3.8, 4) is 0 Å². The Bertz CT molecular complexity index is 444. The first kappa shape index (κ1) is 12.3. The minimum absolute atomic E-state index is 0.0480. The molecule has 6 heteroatoms. The number of pyridine rings is 1. The molecule has 2 heterocycles. The molecule has 18 heavy (non-hydrogen) atoms. The number of nitrogens with zero attached hydrogens (tertiary/aromatic N) is 2. The number of anilines is 2. The van der Waals surface area contributed by atoms with Crippen molar-refractivity contribution < 1.29 is 9.59 Å². The van der Waals surface area contributed by atoms with E-state index in [9.17, 15) is 9.59 Å². The summed E-state index contributed by atoms with van der Waals surface area (Å²) in [5, 5.41) is 2.69. The number of nitrogens with two attached hydrogens (primary N) is 1. The maximum absolute atomic E-state index is 11.7. The van der Waals surface area contributed by atoms with E-state index in [1.807, 2.05) is 0 Å². The zero-order valence-electron chi connectivity index (χ0n) is 10.1. The molecule has 1 aromatic heterocycles. The molecule has 1 aromatic rings. The monoisotopic (exact) mass is 248 g/mol. The van der Waals surface area contributed by atoms with Crippen molar-refractivity contribution in [2.75, 3.05) is 24.1 Å². The van der Waals surface area contributed by atoms with Crippen LogP contribution in [-0.4, -0.2) is 34.8 Å². The van der Waals surface area contributed by atoms with Crippen molar-refractivity contribution in [3.63, 3.8) is 0 Å². The quantitative estimate of drug-likeness (QED) is 0.820. The number of nitrogen functional groups attached to an aromatic ring is 1. The summed E-state index contributed by atoms with van der Waals surface area (Å²) in [4.78, 5) is 28.8. The van der Waals surface area contributed by atoms with E-state index in [1.165, 1.54) is 6.20 Å². The maximum atomic E-state index is 11.7. The van der Waals surface area contributed by atoms with Gasteiger partial charge in [0.2, 0.25) is 11.8 Å². The Morgan fingerprint density at radius 1 is 1.44 bits per heavy atom. The van der Waals surface area contributed by atoms with Gasteiger partial charge in [-0.25, -0.2) is 4.98 Å². The van der Waals surface area contributed by atoms with Gasteiger partial charge in [0.25, 0.3) is 0 Å². The highest BCUT2D eigenvalue weighted by Gasteiger charge is 2.20. The van der Waals surface area contributed by atoms with Crippen LogP contribution in [0.4, 0.5) is 11.5 Å². The number of nitrogens with one attached hydrogen (secondary N) is 1. The second-order valence-electron chi connectivity index (χ2n) is 4.29. The van der Waals surface area contributed by atoms with Gasteiger partial charge in [-0.3, -0.25) is 9.59 Å². The van der Waals surface area contributed by atoms with Crippen molar-refractivity contribution >= 4 is 23.3 Å². The van der Waals surface area contributed by atoms with E-state index < -0.39 is 0 Å². The first-order chi connectivity index (χ1) is 8.65. The highest BCUT2D eigenvalue weighted by molar-refractivity contribution is 5.94. The number of aromatic nitrogens is 1. The summed E-state index contributed by atoms with van der Waals surface area (Å²) in [6.45, 7) is 0.759. The first-order valence-corrected chi connectivity index (χ1v) is 5.94. The average molecular weight is 248 g/mol. The zero-order chi connectivity index (χ0) is 13.0. The lowest BCUT2D eigenvalue weighted by Crippen LogP contribution is -2.40. The number of hydrogen-bond donors (Lipinski definition) is 2. The van der Waals surface area contributed by atoms with Crippen LogP contribution in [0.25, 0.3) is 0 Å². The predicted molar refractivity (Wildman–Crippen MR) is 67.7 cm³/mol. The van der Waals surface area contributed by atoms with Crippen LogP contribution in [0.3, 0.4) is 0 Å². The molecule has 1 aliphatic heterocycles. The Kier molecular flexibility index (Phi) is 3.76. The normalized spacial score (nSPS) is 15.6. The fraction of sp³-hybridized carbons (Fsp3) is 0.417. The number of amides is 2. The molecule has 0 spiro atoms. The lowest BCUT2D eigenvalue weighted by Gasteiger charge is -2.25. The van der Waals surface area contributed by atoms with E-state index >= 15 is 0 Å². The van der Waals surface area contributed by atoms with Crippen molar-refractivity contribution in [1.29, 1.82) is 0 Å². The summed E-state index contributed by atoms with van der Waals surface area (Å²) in [6.07, 6.45) is 3.91. The van der Waals surface area contributed by atoms with Gasteiger partial charge >= 0.3 is 0 Å². The lowest BCUT2D eigenvalue weighted by molar-refractivity contribution is -0.136. The predicted octanol–water partition coefficient (Wildman–Crippen LogP) is 0.615. The van der Waals surface area contributed by atoms with Gasteiger partial charge in [0, 0.05) is 13.0 Å². The van der Waals surface area contributed by atoms with Crippen molar-refractivity contribution in [2.45, 2.75) is 19.3 Å². The average Bonchev–Trinajstić information content (AvgIpc) is 2.35. The van der Waals surface area contributed by atoms with Gasteiger partial charge in [-0.1, -0.05) is 0 Å². The Morgan fingerprint density at radius 3 is 2.94 bits per heavy atom. The molecule has 1 fully saturated rings. The van der Waals surface area contributed by atoms with E-state index in [1.54, 1.807) is 17.0 Å². The molecule has 96 valence electrons. The summed E-state index contributed by atoms with van der Waals surface area (Å²) >= 11 is 0. The van der Waals surface area contributed by atoms with E-state index in [0.29, 0.717) is 24.5 Å². The number of likely N-dealkylation sites (tertiary alicyclic amines) is 1. The van der Waals surface area contributed by atoms with E-state index in [-0.39, 0.29) is 18.4 Å². The van der Waals surface area contributed by atoms with Gasteiger partial charge in [-0.05, 0) is 25.0 Å². The largest absolute Gasteiger partial charge is 0.384 e. The number of carbonyl (C=O) groups excluding carboxylic acids is 2. The van der Waals surface area contributed by atoms with E-state index in [0.717, 1.165) is 12.8 Å². The van der Waals surface area contributed by atoms with Gasteiger partial charge in [0.1, 0.15) is 5.82 Å². The van der Waals surface area contributed by atoms with Gasteiger partial charge in [0.05, 0.1) is 18.4 Å². The molecule has 3 N–H and O–H groups in total. The molecule has 6 nitrogen and oxygen atoms in total. The van der Waals surface area contributed by atoms with Crippen LogP contribution in [0, 0.1) is 0 Å². The van der Waals surface area contributed by atoms with E-state index in [2.05, 4.69) is 10.3 Å². The molecule has 2 rings (SSSR count). The summed E-state index contributed by atoms with van der Waals surface area (Å²) in [7, 11) is 0. The van der Waals surface area contributed by atoms with E-state index in [4.69, 9.17) is 5.73 Å². The minimum Gasteiger partial charge on any atom is -0.384 e. The molecule has 2 amide bonds. The van der Waals surface area contributed by atoms with Gasteiger partial charge < -0.3 is 16.0 Å². The molecule has 0 saturated carbocycles. The molecule has 0 radical (unpaired) electrons. The number of rotatable bonds is 3. The summed E-state index contributed by atoms with van der Waals surface area (Å²) in [6, 6.07) is 3.29. The Balaban J connectivity index is 1.88. The second-order valence-corrected chi connectivity index (χ2v) is 4.29. The second kappa shape index (κ2) is 5.48. The molecule has 0 aliphatic carbocycles. The van der Waals surface area contributed by atoms with Crippen LogP contribution in [0.2, 0.25) is 0 Å². The van der Waals surface area contributed by atoms with Gasteiger partial charge in [-0.2, -0.15) is 0 Å². The van der Waals surface area contributed by atoms with Gasteiger partial charge in [0.15, 0.2) is 0 Å². The molecule has 0 aromatic carbocycles. The Morgan fingerprint density at radius 2 is 2.28 bits per heavy atom. The van der Waals surface area contributed by atoms with Gasteiger partial charge in [-0.15, -0.1) is 0 Å². The number of piperidine rings is 1. The fourth-order valence-corrected chi connectivity index (χ4v) is 1.88. The van der Waals surface area contributed by atoms with Crippen molar-refractivity contribution in [1.82, 2.24) is 9.88 Å². The third kappa shape index (κ3) is 3.19. The fourth-order valence-electron chi connectivity index (χ4n) is 1.88. The van der Waals surface area contributed by atoms with Crippen molar-refractivity contribution in [2.24, 2.45) is 0 Å². The number of carbonyl (C=O) groups is 2. The highest BCUT2D eigenvalue weighted by atomic mass is 16.2. The van der Waals surface area contributed by atoms with Crippen LogP contribution in [0.1, 0.15) is 19.3 Å². The van der Waals surface area contributed by atoms with Crippen LogP contribution in [0.5, 0.6) is 0 Å². The summed E-state index contributed by atoms with van der Waals surface area (Å²) in [5.41, 5.74) is 6.03. The van der Waals surface area contributed by atoms with Crippen LogP contribution in [-0.2, 0) is 9.59 Å². The molecule has 1 saturated heterocycles. The smallest absolute Gasteiger partial charge is 0.244 e. The highest BCUT2D eigenvalue weighted by Crippen LogP contribution is 2.11. The Labute approximate surface area is 105 Å². The summed E-state index contributed by atoms with van der Waals surface area (Å²) < 4.78 is 0. The standard InChI is InChI=1S/C12H16N4O2/c13-10-5-4-9(7-14-10)15-11(17)8-16-6-2-1-3-12(16)18/h4-5,7H,1-3,6,8H2,(H2,13,14)(H,15,17). The SMILES string of the molecule is Nc1ccc(NC(=O)CN2CCCCC2=O)cn1. The lowest BCUT2D eigenvalue weighted by atomic mass is 10.1. The third-order valence-electron chi connectivity index (χ3n) is 2.83. The van der Waals surface area contributed by atoms with Crippen LogP contribution in [0.15, 0.2) is 18.3 Å². The Hall–Kier alpha value is -2.11. The molecule has 0 atom stereocenters. The zero-order valence-corrected chi connectivity index (χ0v) is 10.1. The minimum atomic E-state index is -0.211. The third-order valence-corrected chi connectivity index (χ3v) is 2.83. The molecule has 0 bridgehead atoms. The number of hydrogen-bond acceptors (Lipinski definition) is 4.